The molecule has 0 radical (unpaired) electrons. The summed E-state index contributed by atoms with van der Waals surface area (Å²) in [5.74, 6) is 1.59. The molecule has 2 rings (SSSR count). The van der Waals surface area contributed by atoms with E-state index < -0.39 is 0 Å². The standard InChI is InChI=1S/C15H21N3/c1-10(2)9-14-11(3)17-15(18-14)12-5-7-13(16-4)8-6-12/h5-8,10,16H,9H2,1-4H3,(H,17,18). The summed E-state index contributed by atoms with van der Waals surface area (Å²) in [7, 11) is 1.92. The summed E-state index contributed by atoms with van der Waals surface area (Å²) < 4.78 is 0. The minimum atomic E-state index is 0.631. The quantitative estimate of drug-likeness (QED) is 0.861. The number of hydrogen-bond donors (Lipinski definition) is 2. The van der Waals surface area contributed by atoms with Crippen molar-refractivity contribution in [2.45, 2.75) is 27.2 Å². The normalized spacial score (nSPS) is 10.9. The van der Waals surface area contributed by atoms with Crippen LogP contribution in [0.4, 0.5) is 5.69 Å². The van der Waals surface area contributed by atoms with E-state index in [9.17, 15) is 0 Å². The molecule has 2 N–H and O–H groups in total. The molecule has 0 atom stereocenters. The molecule has 18 heavy (non-hydrogen) atoms. The Morgan fingerprint density at radius 2 is 1.89 bits per heavy atom. The van der Waals surface area contributed by atoms with Crippen molar-refractivity contribution in [2.75, 3.05) is 12.4 Å². The highest BCUT2D eigenvalue weighted by Crippen LogP contribution is 2.21. The van der Waals surface area contributed by atoms with Gasteiger partial charge < -0.3 is 10.3 Å². The molecule has 1 aromatic heterocycles. The van der Waals surface area contributed by atoms with Gasteiger partial charge in [0.2, 0.25) is 0 Å². The number of H-pyrrole nitrogens is 1. The predicted molar refractivity (Wildman–Crippen MR) is 76.8 cm³/mol. The molecule has 1 aromatic carbocycles. The number of aryl methyl sites for hydroxylation is 1. The first-order chi connectivity index (χ1) is 8.60. The fourth-order valence-electron chi connectivity index (χ4n) is 2.01. The van der Waals surface area contributed by atoms with E-state index in [2.05, 4.69) is 55.3 Å². The lowest BCUT2D eigenvalue weighted by atomic mass is 10.1. The van der Waals surface area contributed by atoms with Crippen molar-refractivity contribution in [1.29, 1.82) is 0 Å². The van der Waals surface area contributed by atoms with Gasteiger partial charge in [0.15, 0.2) is 0 Å². The van der Waals surface area contributed by atoms with Crippen LogP contribution in [0.5, 0.6) is 0 Å². The summed E-state index contributed by atoms with van der Waals surface area (Å²) in [6.07, 6.45) is 1.02. The van der Waals surface area contributed by atoms with E-state index >= 15 is 0 Å². The molecule has 0 fully saturated rings. The summed E-state index contributed by atoms with van der Waals surface area (Å²) in [6.45, 7) is 6.53. The number of aromatic nitrogens is 2. The summed E-state index contributed by atoms with van der Waals surface area (Å²) in [6, 6.07) is 8.30. The Morgan fingerprint density at radius 1 is 1.22 bits per heavy atom. The maximum absolute atomic E-state index is 4.70. The number of imidazole rings is 1. The molecule has 1 heterocycles. The monoisotopic (exact) mass is 243 g/mol. The van der Waals surface area contributed by atoms with Crippen molar-refractivity contribution >= 4 is 5.69 Å². The highest BCUT2D eigenvalue weighted by atomic mass is 14.9. The summed E-state index contributed by atoms with van der Waals surface area (Å²) >= 11 is 0. The van der Waals surface area contributed by atoms with E-state index in [4.69, 9.17) is 4.98 Å². The Labute approximate surface area is 109 Å². The molecular weight excluding hydrogens is 222 g/mol. The Morgan fingerprint density at radius 3 is 2.44 bits per heavy atom. The lowest BCUT2D eigenvalue weighted by Gasteiger charge is -2.01. The van der Waals surface area contributed by atoms with Gasteiger partial charge in [0.05, 0.1) is 5.69 Å². The molecule has 0 amide bonds. The smallest absolute Gasteiger partial charge is 0.137 e. The molecule has 0 saturated carbocycles. The Hall–Kier alpha value is -1.77. The van der Waals surface area contributed by atoms with E-state index in [0.717, 1.165) is 23.5 Å². The average molecular weight is 243 g/mol. The predicted octanol–water partition coefficient (Wildman–Crippen LogP) is 3.63. The van der Waals surface area contributed by atoms with Crippen LogP contribution in [0.2, 0.25) is 0 Å². The number of benzene rings is 1. The van der Waals surface area contributed by atoms with Crippen molar-refractivity contribution in [1.82, 2.24) is 9.97 Å². The molecule has 0 bridgehead atoms. The lowest BCUT2D eigenvalue weighted by molar-refractivity contribution is 0.635. The Balaban J connectivity index is 2.27. The van der Waals surface area contributed by atoms with Gasteiger partial charge in [-0.25, -0.2) is 4.98 Å². The summed E-state index contributed by atoms with van der Waals surface area (Å²) in [5, 5.41) is 3.12. The number of nitrogens with one attached hydrogen (secondary N) is 2. The first kappa shape index (κ1) is 12.7. The lowest BCUT2D eigenvalue weighted by Crippen LogP contribution is -1.96. The van der Waals surface area contributed by atoms with Gasteiger partial charge in [-0.1, -0.05) is 13.8 Å². The van der Waals surface area contributed by atoms with Crippen molar-refractivity contribution in [3.63, 3.8) is 0 Å². The van der Waals surface area contributed by atoms with Gasteiger partial charge in [-0.3, -0.25) is 0 Å². The number of anilines is 1. The van der Waals surface area contributed by atoms with Crippen molar-refractivity contribution in [3.8, 4) is 11.4 Å². The largest absolute Gasteiger partial charge is 0.388 e. The van der Waals surface area contributed by atoms with Crippen LogP contribution in [-0.4, -0.2) is 17.0 Å². The molecule has 0 aliphatic carbocycles. The first-order valence-electron chi connectivity index (χ1n) is 6.44. The zero-order valence-corrected chi connectivity index (χ0v) is 11.5. The fourth-order valence-corrected chi connectivity index (χ4v) is 2.01. The van der Waals surface area contributed by atoms with Crippen LogP contribution in [0.25, 0.3) is 11.4 Å². The van der Waals surface area contributed by atoms with Crippen molar-refractivity contribution in [2.24, 2.45) is 5.92 Å². The van der Waals surface area contributed by atoms with Crippen LogP contribution in [0.1, 0.15) is 25.2 Å². The highest BCUT2D eigenvalue weighted by Gasteiger charge is 2.09. The van der Waals surface area contributed by atoms with Gasteiger partial charge in [-0.15, -0.1) is 0 Å². The Bertz CT molecular complexity index is 509. The SMILES string of the molecule is CNc1ccc(-c2nc(CC(C)C)c(C)[nH]2)cc1. The third-order valence-corrected chi connectivity index (χ3v) is 3.03. The molecule has 0 spiro atoms. The molecule has 2 aromatic rings. The van der Waals surface area contributed by atoms with E-state index in [1.165, 1.54) is 11.4 Å². The second-order valence-corrected chi connectivity index (χ2v) is 5.08. The van der Waals surface area contributed by atoms with Gasteiger partial charge in [-0.2, -0.15) is 0 Å². The van der Waals surface area contributed by atoms with E-state index in [0.29, 0.717) is 5.92 Å². The third kappa shape index (κ3) is 2.73. The van der Waals surface area contributed by atoms with Gasteiger partial charge in [0.1, 0.15) is 5.82 Å². The average Bonchev–Trinajstić information content (AvgIpc) is 2.70. The number of nitrogens with zero attached hydrogens (tertiary/aromatic N) is 1. The third-order valence-electron chi connectivity index (χ3n) is 3.03. The number of hydrogen-bond acceptors (Lipinski definition) is 2. The molecule has 3 heteroatoms. The van der Waals surface area contributed by atoms with Crippen LogP contribution >= 0.6 is 0 Å². The molecule has 0 saturated heterocycles. The minimum Gasteiger partial charge on any atom is -0.388 e. The maximum Gasteiger partial charge on any atom is 0.137 e. The second-order valence-electron chi connectivity index (χ2n) is 5.08. The molecule has 3 nitrogen and oxygen atoms in total. The highest BCUT2D eigenvalue weighted by molar-refractivity contribution is 5.60. The van der Waals surface area contributed by atoms with Gasteiger partial charge in [0, 0.05) is 24.0 Å². The first-order valence-corrected chi connectivity index (χ1v) is 6.44. The van der Waals surface area contributed by atoms with Gasteiger partial charge >= 0.3 is 0 Å². The zero-order valence-electron chi connectivity index (χ0n) is 11.5. The van der Waals surface area contributed by atoms with Crippen LogP contribution < -0.4 is 5.32 Å². The number of aromatic amines is 1. The molecule has 0 aliphatic heterocycles. The van der Waals surface area contributed by atoms with E-state index in [1.807, 2.05) is 7.05 Å². The molecular formula is C15H21N3. The Kier molecular flexibility index (Phi) is 3.70. The summed E-state index contributed by atoms with van der Waals surface area (Å²) in [5.41, 5.74) is 4.60. The van der Waals surface area contributed by atoms with Crippen LogP contribution in [0, 0.1) is 12.8 Å². The van der Waals surface area contributed by atoms with Gasteiger partial charge in [-0.05, 0) is 43.5 Å². The minimum absolute atomic E-state index is 0.631. The fraction of sp³-hybridized carbons (Fsp3) is 0.400. The zero-order chi connectivity index (χ0) is 13.1. The van der Waals surface area contributed by atoms with Gasteiger partial charge in [0.25, 0.3) is 0 Å². The van der Waals surface area contributed by atoms with Crippen LogP contribution in [-0.2, 0) is 6.42 Å². The molecule has 0 unspecified atom stereocenters. The van der Waals surface area contributed by atoms with Crippen LogP contribution in [0.3, 0.4) is 0 Å². The van der Waals surface area contributed by atoms with E-state index in [-0.39, 0.29) is 0 Å². The van der Waals surface area contributed by atoms with Crippen molar-refractivity contribution < 1.29 is 0 Å². The van der Waals surface area contributed by atoms with Crippen molar-refractivity contribution in [3.05, 3.63) is 35.7 Å². The summed E-state index contributed by atoms with van der Waals surface area (Å²) in [4.78, 5) is 8.07. The molecule has 0 aliphatic rings. The molecule has 96 valence electrons. The van der Waals surface area contributed by atoms with Crippen LogP contribution in [0.15, 0.2) is 24.3 Å². The topological polar surface area (TPSA) is 40.7 Å². The maximum atomic E-state index is 4.70. The second kappa shape index (κ2) is 5.25. The van der Waals surface area contributed by atoms with E-state index in [1.54, 1.807) is 0 Å². The number of rotatable bonds is 4.